The van der Waals surface area contributed by atoms with Gasteiger partial charge in [-0.05, 0) is 52.4 Å². The molecule has 0 aromatic carbocycles. The van der Waals surface area contributed by atoms with Crippen molar-refractivity contribution in [3.63, 3.8) is 0 Å². The molecule has 19 heavy (non-hydrogen) atoms. The third-order valence-electron chi connectivity index (χ3n) is 3.90. The van der Waals surface area contributed by atoms with Gasteiger partial charge in [0.25, 0.3) is 0 Å². The highest BCUT2D eigenvalue weighted by Crippen LogP contribution is 2.39. The summed E-state index contributed by atoms with van der Waals surface area (Å²) in [6, 6.07) is -0.224. The summed E-state index contributed by atoms with van der Waals surface area (Å²) in [6.45, 7) is 6.46. The van der Waals surface area contributed by atoms with Crippen LogP contribution in [0.25, 0.3) is 0 Å². The van der Waals surface area contributed by atoms with Crippen LogP contribution in [0.5, 0.6) is 0 Å². The summed E-state index contributed by atoms with van der Waals surface area (Å²) in [5.41, 5.74) is 4.69. The number of nitrogens with zero attached hydrogens (tertiary/aromatic N) is 1. The molecule has 1 heterocycles. The van der Waals surface area contributed by atoms with Crippen LogP contribution < -0.4 is 5.73 Å². The van der Waals surface area contributed by atoms with Crippen LogP contribution in [0.3, 0.4) is 0 Å². The zero-order chi connectivity index (χ0) is 14.3. The Morgan fingerprint density at radius 2 is 2.11 bits per heavy atom. The van der Waals surface area contributed by atoms with E-state index in [1.807, 2.05) is 20.8 Å². The quantitative estimate of drug-likeness (QED) is 0.797. The van der Waals surface area contributed by atoms with Gasteiger partial charge < -0.3 is 20.5 Å². The SMILES string of the molecule is CC(C)(C)OC(=O)N1CCCC(O)(C(N)C2CC2)C1. The molecule has 3 N–H and O–H groups in total. The zero-order valence-electron chi connectivity index (χ0n) is 12.2. The maximum absolute atomic E-state index is 12.1. The number of piperidine rings is 1. The Morgan fingerprint density at radius 3 is 2.63 bits per heavy atom. The number of carbonyl (C=O) groups excluding carboxylic acids is 1. The first-order chi connectivity index (χ1) is 8.71. The Labute approximate surface area is 115 Å². The highest BCUT2D eigenvalue weighted by Gasteiger charge is 2.46. The summed E-state index contributed by atoms with van der Waals surface area (Å²) in [5, 5.41) is 10.7. The second-order valence-electron chi connectivity index (χ2n) is 6.97. The highest BCUT2D eigenvalue weighted by molar-refractivity contribution is 5.68. The number of amides is 1. The van der Waals surface area contributed by atoms with Crippen LogP contribution in [0.4, 0.5) is 4.79 Å². The van der Waals surface area contributed by atoms with Crippen LogP contribution in [0.2, 0.25) is 0 Å². The van der Waals surface area contributed by atoms with E-state index in [0.29, 0.717) is 25.4 Å². The molecule has 2 rings (SSSR count). The minimum Gasteiger partial charge on any atom is -0.444 e. The number of hydrogen-bond donors (Lipinski definition) is 2. The molecule has 0 bridgehead atoms. The first-order valence-electron chi connectivity index (χ1n) is 7.17. The first kappa shape index (κ1) is 14.6. The average molecular weight is 270 g/mol. The van der Waals surface area contributed by atoms with E-state index in [-0.39, 0.29) is 12.1 Å². The van der Waals surface area contributed by atoms with Gasteiger partial charge in [-0.15, -0.1) is 0 Å². The molecule has 1 saturated carbocycles. The van der Waals surface area contributed by atoms with Crippen molar-refractivity contribution in [3.05, 3.63) is 0 Å². The number of aliphatic hydroxyl groups is 1. The van der Waals surface area contributed by atoms with E-state index in [4.69, 9.17) is 10.5 Å². The molecule has 2 atom stereocenters. The van der Waals surface area contributed by atoms with Crippen LogP contribution in [0.15, 0.2) is 0 Å². The smallest absolute Gasteiger partial charge is 0.410 e. The minimum atomic E-state index is -0.948. The van der Waals surface area contributed by atoms with Crippen LogP contribution in [-0.2, 0) is 4.74 Å². The second kappa shape index (κ2) is 4.94. The van der Waals surface area contributed by atoms with Crippen molar-refractivity contribution >= 4 is 6.09 Å². The maximum Gasteiger partial charge on any atom is 0.410 e. The lowest BCUT2D eigenvalue weighted by Crippen LogP contribution is -2.60. The van der Waals surface area contributed by atoms with E-state index < -0.39 is 11.2 Å². The Hall–Kier alpha value is -0.810. The van der Waals surface area contributed by atoms with E-state index in [9.17, 15) is 9.90 Å². The van der Waals surface area contributed by atoms with Gasteiger partial charge in [0.2, 0.25) is 0 Å². The zero-order valence-corrected chi connectivity index (χ0v) is 12.2. The van der Waals surface area contributed by atoms with Gasteiger partial charge in [0.15, 0.2) is 0 Å². The molecule has 0 radical (unpaired) electrons. The van der Waals surface area contributed by atoms with E-state index in [1.165, 1.54) is 0 Å². The predicted octanol–water partition coefficient (Wildman–Crippen LogP) is 1.49. The van der Waals surface area contributed by atoms with Crippen LogP contribution in [0.1, 0.15) is 46.5 Å². The number of rotatable bonds is 2. The van der Waals surface area contributed by atoms with Gasteiger partial charge in [0, 0.05) is 12.6 Å². The van der Waals surface area contributed by atoms with E-state index >= 15 is 0 Å². The lowest BCUT2D eigenvalue weighted by atomic mass is 9.84. The molecular weight excluding hydrogens is 244 g/mol. The number of ether oxygens (including phenoxy) is 1. The van der Waals surface area contributed by atoms with Gasteiger partial charge in [0.05, 0.1) is 12.1 Å². The molecule has 0 aromatic rings. The Bertz CT molecular complexity index is 349. The van der Waals surface area contributed by atoms with Crippen LogP contribution in [0, 0.1) is 5.92 Å². The standard InChI is InChI=1S/C14H26N2O3/c1-13(2,3)19-12(17)16-8-4-7-14(18,9-16)11(15)10-5-6-10/h10-11,18H,4-9,15H2,1-3H3. The summed E-state index contributed by atoms with van der Waals surface area (Å²) in [7, 11) is 0. The average Bonchev–Trinajstić information content (AvgIpc) is 3.09. The number of likely N-dealkylation sites (tertiary alicyclic amines) is 1. The molecular formula is C14H26N2O3. The number of β-amino-alcohol motifs (C(OH)–C–C–N with tert-alkyl or cyclic N) is 1. The number of carbonyl (C=O) groups is 1. The topological polar surface area (TPSA) is 75.8 Å². The molecule has 1 aliphatic carbocycles. The van der Waals surface area contributed by atoms with Gasteiger partial charge in [-0.3, -0.25) is 0 Å². The molecule has 2 aliphatic rings. The summed E-state index contributed by atoms with van der Waals surface area (Å²) < 4.78 is 5.36. The molecule has 0 aromatic heterocycles. The van der Waals surface area contributed by atoms with Gasteiger partial charge in [-0.1, -0.05) is 0 Å². The first-order valence-corrected chi connectivity index (χ1v) is 7.17. The largest absolute Gasteiger partial charge is 0.444 e. The summed E-state index contributed by atoms with van der Waals surface area (Å²) in [6.07, 6.45) is 3.28. The van der Waals surface area contributed by atoms with Crippen LogP contribution in [-0.4, -0.2) is 46.4 Å². The fourth-order valence-electron chi connectivity index (χ4n) is 2.71. The fraction of sp³-hybridized carbons (Fsp3) is 0.929. The van der Waals surface area contributed by atoms with Crippen molar-refractivity contribution in [1.82, 2.24) is 4.90 Å². The summed E-state index contributed by atoms with van der Waals surface area (Å²) in [4.78, 5) is 13.7. The van der Waals surface area contributed by atoms with Crippen LogP contribution >= 0.6 is 0 Å². The molecule has 5 heteroatoms. The monoisotopic (exact) mass is 270 g/mol. The molecule has 1 aliphatic heterocycles. The van der Waals surface area contributed by atoms with Crippen molar-refractivity contribution in [3.8, 4) is 0 Å². The van der Waals surface area contributed by atoms with Gasteiger partial charge in [-0.2, -0.15) is 0 Å². The van der Waals surface area contributed by atoms with Crippen molar-refractivity contribution in [2.45, 2.75) is 63.7 Å². The normalized spacial score (nSPS) is 30.1. The minimum absolute atomic E-state index is 0.224. The van der Waals surface area contributed by atoms with Crippen molar-refractivity contribution < 1.29 is 14.6 Å². The van der Waals surface area contributed by atoms with E-state index in [2.05, 4.69) is 0 Å². The predicted molar refractivity (Wildman–Crippen MR) is 72.7 cm³/mol. The van der Waals surface area contributed by atoms with Gasteiger partial charge in [-0.25, -0.2) is 4.79 Å². The van der Waals surface area contributed by atoms with Gasteiger partial charge >= 0.3 is 6.09 Å². The Balaban J connectivity index is 1.98. The summed E-state index contributed by atoms with van der Waals surface area (Å²) >= 11 is 0. The molecule has 5 nitrogen and oxygen atoms in total. The van der Waals surface area contributed by atoms with Gasteiger partial charge in [0.1, 0.15) is 5.60 Å². The van der Waals surface area contributed by atoms with Crippen molar-refractivity contribution in [1.29, 1.82) is 0 Å². The molecule has 1 saturated heterocycles. The van der Waals surface area contributed by atoms with Crippen molar-refractivity contribution in [2.75, 3.05) is 13.1 Å². The molecule has 1 amide bonds. The lowest BCUT2D eigenvalue weighted by Gasteiger charge is -2.42. The third kappa shape index (κ3) is 3.60. The maximum atomic E-state index is 12.1. The second-order valence-corrected chi connectivity index (χ2v) is 6.97. The fourth-order valence-corrected chi connectivity index (χ4v) is 2.71. The molecule has 0 spiro atoms. The molecule has 110 valence electrons. The lowest BCUT2D eigenvalue weighted by molar-refractivity contribution is -0.0604. The van der Waals surface area contributed by atoms with Crippen molar-refractivity contribution in [2.24, 2.45) is 11.7 Å². The molecule has 2 unspecified atom stereocenters. The Kier molecular flexibility index (Phi) is 3.80. The van der Waals surface area contributed by atoms with E-state index in [1.54, 1.807) is 4.90 Å². The highest BCUT2D eigenvalue weighted by atomic mass is 16.6. The summed E-state index contributed by atoms with van der Waals surface area (Å²) in [5.74, 6) is 0.420. The third-order valence-corrected chi connectivity index (χ3v) is 3.90. The number of hydrogen-bond acceptors (Lipinski definition) is 4. The number of nitrogens with two attached hydrogens (primary N) is 1. The van der Waals surface area contributed by atoms with E-state index in [0.717, 1.165) is 19.3 Å². The Morgan fingerprint density at radius 1 is 1.47 bits per heavy atom. The molecule has 2 fully saturated rings.